The Kier molecular flexibility index (Phi) is 8.23. The van der Waals surface area contributed by atoms with Crippen LogP contribution in [0.25, 0.3) is 0 Å². The zero-order chi connectivity index (χ0) is 26.7. The van der Waals surface area contributed by atoms with E-state index in [9.17, 15) is 27.9 Å². The van der Waals surface area contributed by atoms with Crippen LogP contribution in [0.3, 0.4) is 0 Å². The highest BCUT2D eigenvalue weighted by atomic mass is 127. The van der Waals surface area contributed by atoms with E-state index in [0.29, 0.717) is 10.6 Å². The van der Waals surface area contributed by atoms with Crippen LogP contribution in [0.2, 0.25) is 5.02 Å². The number of aromatic nitrogens is 3. The number of benzene rings is 1. The molecule has 1 atom stereocenters. The van der Waals surface area contributed by atoms with Gasteiger partial charge >= 0.3 is 12.4 Å². The molecule has 2 amide bonds. The third-order valence-electron chi connectivity index (χ3n) is 5.33. The van der Waals surface area contributed by atoms with Gasteiger partial charge in [0.05, 0.1) is 21.2 Å². The van der Waals surface area contributed by atoms with E-state index in [-0.39, 0.29) is 55.7 Å². The number of ether oxygens (including phenoxy) is 2. The van der Waals surface area contributed by atoms with Gasteiger partial charge in [-0.3, -0.25) is 24.0 Å². The number of halogens is 5. The average molecular weight is 651 g/mol. The van der Waals surface area contributed by atoms with Crippen molar-refractivity contribution in [2.45, 2.75) is 29.7 Å². The first-order valence-corrected chi connectivity index (χ1v) is 12.5. The Morgan fingerprint density at radius 3 is 2.68 bits per heavy atom. The van der Waals surface area contributed by atoms with Crippen molar-refractivity contribution in [2.24, 2.45) is 0 Å². The molecule has 37 heavy (non-hydrogen) atoms. The van der Waals surface area contributed by atoms with Crippen LogP contribution in [0.15, 0.2) is 42.7 Å². The monoisotopic (exact) mass is 650 g/mol. The molecule has 196 valence electrons. The maximum absolute atomic E-state index is 13.6. The summed E-state index contributed by atoms with van der Waals surface area (Å²) in [4.78, 5) is 35.9. The number of carbonyl (C=O) groups excluding carboxylic acids is 2. The number of hydrogen-bond acceptors (Lipinski definition) is 7. The minimum absolute atomic E-state index is 0.00131. The van der Waals surface area contributed by atoms with Crippen molar-refractivity contribution in [1.29, 1.82) is 0 Å². The topological polar surface area (TPSA) is 107 Å². The lowest BCUT2D eigenvalue weighted by molar-refractivity contribution is -0.274. The third-order valence-corrected chi connectivity index (χ3v) is 6.65. The van der Waals surface area contributed by atoms with Crippen LogP contribution >= 0.6 is 34.2 Å². The van der Waals surface area contributed by atoms with Gasteiger partial charge in [0.1, 0.15) is 17.2 Å². The fraction of sp³-hybridized carbons (Fsp3) is 0.304. The molecule has 0 radical (unpaired) electrons. The molecule has 1 unspecified atom stereocenters. The fourth-order valence-electron chi connectivity index (χ4n) is 3.72. The van der Waals surface area contributed by atoms with Crippen LogP contribution < -0.4 is 9.47 Å². The number of rotatable bonds is 8. The molecule has 1 aliphatic rings. The number of pyridine rings is 1. The molecule has 1 aromatic carbocycles. The molecule has 9 nitrogen and oxygen atoms in total. The van der Waals surface area contributed by atoms with E-state index in [2.05, 4.69) is 14.7 Å². The highest BCUT2D eigenvalue weighted by Crippen LogP contribution is 2.33. The van der Waals surface area contributed by atoms with Crippen molar-refractivity contribution in [3.05, 3.63) is 64.7 Å². The zero-order valence-electron chi connectivity index (χ0n) is 18.9. The number of alkyl halides is 4. The van der Waals surface area contributed by atoms with Crippen molar-refractivity contribution in [2.75, 3.05) is 13.2 Å². The fourth-order valence-corrected chi connectivity index (χ4v) is 4.66. The van der Waals surface area contributed by atoms with Gasteiger partial charge in [0, 0.05) is 38.0 Å². The Balaban J connectivity index is 1.79. The molecular weight excluding hydrogens is 632 g/mol. The van der Waals surface area contributed by atoms with E-state index in [1.165, 1.54) is 29.1 Å². The lowest BCUT2D eigenvalue weighted by Crippen LogP contribution is -2.41. The first-order valence-electron chi connectivity index (χ1n) is 10.9. The third kappa shape index (κ3) is 6.33. The van der Waals surface area contributed by atoms with Gasteiger partial charge in [-0.2, -0.15) is 4.98 Å². The smallest absolute Gasteiger partial charge is 0.425 e. The highest BCUT2D eigenvalue weighted by molar-refractivity contribution is 14.1. The van der Waals surface area contributed by atoms with Crippen molar-refractivity contribution in [3.63, 3.8) is 0 Å². The number of amides is 2. The van der Waals surface area contributed by atoms with E-state index in [1.54, 1.807) is 6.07 Å². The van der Waals surface area contributed by atoms with Crippen LogP contribution in [0.1, 0.15) is 28.2 Å². The Morgan fingerprint density at radius 2 is 1.97 bits per heavy atom. The molecule has 2 aromatic heterocycles. The standard InChI is InChI=1S/C23H19ClF3IN4O5/c24-16-11-29-6-5-13(16)12-32-19-18(10-17(28)20(34)31(21(19)35)7-2-8-33)30-22(32)36-14-3-1-4-15(9-14)37-23(25,26)27/h1,3-6,9,11,17,33H,2,7-8,10,12H2. The molecule has 0 saturated carbocycles. The summed E-state index contributed by atoms with van der Waals surface area (Å²) in [5.41, 5.74) is 0.926. The van der Waals surface area contributed by atoms with Gasteiger partial charge < -0.3 is 14.6 Å². The quantitative estimate of drug-likeness (QED) is 0.219. The largest absolute Gasteiger partial charge is 0.573 e. The minimum Gasteiger partial charge on any atom is -0.425 e. The first-order chi connectivity index (χ1) is 17.6. The van der Waals surface area contributed by atoms with E-state index >= 15 is 0 Å². The van der Waals surface area contributed by atoms with Crippen molar-refractivity contribution < 1.29 is 37.3 Å². The second kappa shape index (κ2) is 11.2. The average Bonchev–Trinajstić information content (AvgIpc) is 3.11. The number of hydrogen-bond donors (Lipinski definition) is 1. The normalized spacial score (nSPS) is 15.9. The lowest BCUT2D eigenvalue weighted by Gasteiger charge is -2.21. The van der Waals surface area contributed by atoms with Gasteiger partial charge in [0.2, 0.25) is 5.91 Å². The Morgan fingerprint density at radius 1 is 1.22 bits per heavy atom. The van der Waals surface area contributed by atoms with E-state index in [1.807, 2.05) is 22.6 Å². The number of aliphatic hydroxyl groups is 1. The SMILES string of the molecule is O=C1c2c(nc(Oc3cccc(OC(F)(F)F)c3)n2Cc2ccncc2Cl)CC(I)C(=O)N1CCCO. The minimum atomic E-state index is -4.89. The lowest BCUT2D eigenvalue weighted by atomic mass is 10.2. The first kappa shape index (κ1) is 27.1. The highest BCUT2D eigenvalue weighted by Gasteiger charge is 2.38. The predicted molar refractivity (Wildman–Crippen MR) is 133 cm³/mol. The molecule has 0 fully saturated rings. The van der Waals surface area contributed by atoms with E-state index < -0.39 is 27.9 Å². The Hall–Kier alpha value is -2.91. The number of carbonyl (C=O) groups is 2. The Labute approximate surface area is 227 Å². The number of imidazole rings is 1. The van der Waals surface area contributed by atoms with Crippen LogP contribution in [-0.2, 0) is 17.8 Å². The molecular formula is C23H19ClF3IN4O5. The van der Waals surface area contributed by atoms with Gasteiger partial charge in [-0.05, 0) is 30.2 Å². The van der Waals surface area contributed by atoms with Crippen LogP contribution in [0, 0.1) is 0 Å². The van der Waals surface area contributed by atoms with Crippen LogP contribution in [0.5, 0.6) is 17.5 Å². The summed E-state index contributed by atoms with van der Waals surface area (Å²) < 4.78 is 48.7. The van der Waals surface area contributed by atoms with E-state index in [0.717, 1.165) is 17.0 Å². The van der Waals surface area contributed by atoms with Gasteiger partial charge in [0.15, 0.2) is 0 Å². The molecule has 1 aliphatic heterocycles. The molecule has 0 aliphatic carbocycles. The van der Waals surface area contributed by atoms with Gasteiger partial charge in [0.25, 0.3) is 5.91 Å². The molecule has 4 rings (SSSR count). The van der Waals surface area contributed by atoms with Crippen molar-refractivity contribution in [1.82, 2.24) is 19.4 Å². The summed E-state index contributed by atoms with van der Waals surface area (Å²) in [6.45, 7) is -0.217. The summed E-state index contributed by atoms with van der Waals surface area (Å²) in [6, 6.07) is 6.43. The number of nitrogens with zero attached hydrogens (tertiary/aromatic N) is 4. The van der Waals surface area contributed by atoms with Gasteiger partial charge in [-0.25, -0.2) is 0 Å². The number of imide groups is 1. The summed E-state index contributed by atoms with van der Waals surface area (Å²) in [5, 5.41) is 9.56. The molecule has 0 bridgehead atoms. The molecule has 3 heterocycles. The molecule has 0 spiro atoms. The molecule has 0 saturated heterocycles. The second-order valence-corrected chi connectivity index (χ2v) is 9.82. The summed E-state index contributed by atoms with van der Waals surface area (Å²) >= 11 is 8.22. The van der Waals surface area contributed by atoms with Crippen LogP contribution in [-0.4, -0.2) is 59.8 Å². The van der Waals surface area contributed by atoms with E-state index in [4.69, 9.17) is 16.3 Å². The van der Waals surface area contributed by atoms with Crippen molar-refractivity contribution >= 4 is 46.0 Å². The molecule has 14 heteroatoms. The number of fused-ring (bicyclic) bond motifs is 1. The summed E-state index contributed by atoms with van der Waals surface area (Å²) in [6.07, 6.45) is -1.66. The second-order valence-electron chi connectivity index (χ2n) is 7.91. The predicted octanol–water partition coefficient (Wildman–Crippen LogP) is 4.38. The molecule has 3 aromatic rings. The summed E-state index contributed by atoms with van der Waals surface area (Å²) in [5.74, 6) is -1.55. The maximum atomic E-state index is 13.6. The zero-order valence-corrected chi connectivity index (χ0v) is 21.8. The maximum Gasteiger partial charge on any atom is 0.573 e. The van der Waals surface area contributed by atoms with Gasteiger partial charge in [-0.15, -0.1) is 13.2 Å². The summed E-state index contributed by atoms with van der Waals surface area (Å²) in [7, 11) is 0. The van der Waals surface area contributed by atoms with Crippen LogP contribution in [0.4, 0.5) is 13.2 Å². The van der Waals surface area contributed by atoms with Crippen molar-refractivity contribution in [3.8, 4) is 17.5 Å². The Bertz CT molecular complexity index is 1320. The number of aliphatic hydroxyl groups excluding tert-OH is 1. The molecule has 1 N–H and O–H groups in total. The van der Waals surface area contributed by atoms with Gasteiger partial charge in [-0.1, -0.05) is 40.3 Å².